The van der Waals surface area contributed by atoms with Crippen LogP contribution in [-0.2, 0) is 4.79 Å². The first-order valence-corrected chi connectivity index (χ1v) is 4.57. The summed E-state index contributed by atoms with van der Waals surface area (Å²) >= 11 is 0. The van der Waals surface area contributed by atoms with E-state index in [2.05, 4.69) is 24.5 Å². The largest absolute Gasteiger partial charge is 0.323 e. The third-order valence-corrected chi connectivity index (χ3v) is 3.02. The van der Waals surface area contributed by atoms with Crippen LogP contribution in [0.1, 0.15) is 33.1 Å². The molecule has 1 saturated heterocycles. The minimum Gasteiger partial charge on any atom is -0.323 e. The van der Waals surface area contributed by atoms with Crippen molar-refractivity contribution in [3.05, 3.63) is 0 Å². The predicted octanol–water partition coefficient (Wildman–Crippen LogP) is 0.775. The second-order valence-electron chi connectivity index (χ2n) is 4.83. The lowest BCUT2D eigenvalue weighted by Gasteiger charge is -2.22. The molecular formula is C9H14N2O2. The summed E-state index contributed by atoms with van der Waals surface area (Å²) in [5.41, 5.74) is -0.435. The molecule has 2 N–H and O–H groups in total. The molecule has 1 aliphatic heterocycles. The highest BCUT2D eigenvalue weighted by Crippen LogP contribution is 2.44. The van der Waals surface area contributed by atoms with Crippen molar-refractivity contribution in [1.29, 1.82) is 0 Å². The van der Waals surface area contributed by atoms with Crippen molar-refractivity contribution in [2.45, 2.75) is 38.6 Å². The van der Waals surface area contributed by atoms with Gasteiger partial charge < -0.3 is 5.32 Å². The first-order chi connectivity index (χ1) is 5.94. The minimum atomic E-state index is -0.597. The molecular weight excluding hydrogens is 168 g/mol. The van der Waals surface area contributed by atoms with E-state index in [-0.39, 0.29) is 17.4 Å². The van der Waals surface area contributed by atoms with Crippen molar-refractivity contribution in [3.63, 3.8) is 0 Å². The Labute approximate surface area is 77.1 Å². The van der Waals surface area contributed by atoms with E-state index in [4.69, 9.17) is 0 Å². The summed E-state index contributed by atoms with van der Waals surface area (Å²) in [6.07, 6.45) is 2.50. The quantitative estimate of drug-likeness (QED) is 0.544. The average Bonchev–Trinajstić information content (AvgIpc) is 2.38. The van der Waals surface area contributed by atoms with Gasteiger partial charge in [0.15, 0.2) is 0 Å². The zero-order chi connectivity index (χ0) is 9.69. The van der Waals surface area contributed by atoms with E-state index in [0.717, 1.165) is 19.3 Å². The number of rotatable bonds is 0. The van der Waals surface area contributed by atoms with Gasteiger partial charge in [-0.05, 0) is 24.7 Å². The van der Waals surface area contributed by atoms with Crippen molar-refractivity contribution in [3.8, 4) is 0 Å². The topological polar surface area (TPSA) is 58.2 Å². The molecule has 0 bridgehead atoms. The Hall–Kier alpha value is -1.06. The molecule has 3 amide bonds. The maximum atomic E-state index is 11.5. The van der Waals surface area contributed by atoms with Crippen molar-refractivity contribution in [1.82, 2.24) is 10.6 Å². The Bertz CT molecular complexity index is 285. The van der Waals surface area contributed by atoms with Gasteiger partial charge in [0, 0.05) is 0 Å². The molecule has 0 aromatic rings. The van der Waals surface area contributed by atoms with Crippen molar-refractivity contribution in [2.24, 2.45) is 5.41 Å². The lowest BCUT2D eigenvalue weighted by Crippen LogP contribution is -2.44. The van der Waals surface area contributed by atoms with Gasteiger partial charge in [-0.15, -0.1) is 0 Å². The SMILES string of the molecule is CC1(C)CC[C@]2(C1)NC(=O)NC2=O. The third kappa shape index (κ3) is 1.20. The zero-order valence-electron chi connectivity index (χ0n) is 7.94. The lowest BCUT2D eigenvalue weighted by molar-refractivity contribution is -0.124. The van der Waals surface area contributed by atoms with Gasteiger partial charge in [0.25, 0.3) is 5.91 Å². The van der Waals surface area contributed by atoms with Crippen LogP contribution in [0.4, 0.5) is 4.79 Å². The van der Waals surface area contributed by atoms with E-state index < -0.39 is 5.54 Å². The molecule has 4 nitrogen and oxygen atoms in total. The van der Waals surface area contributed by atoms with Gasteiger partial charge in [-0.2, -0.15) is 0 Å². The Kier molecular flexibility index (Phi) is 1.47. The molecule has 4 heteroatoms. The predicted molar refractivity (Wildman–Crippen MR) is 47.0 cm³/mol. The lowest BCUT2D eigenvalue weighted by atomic mass is 9.88. The molecule has 1 heterocycles. The number of hydrogen-bond acceptors (Lipinski definition) is 2. The van der Waals surface area contributed by atoms with Crippen LogP contribution in [0, 0.1) is 5.41 Å². The Morgan fingerprint density at radius 2 is 1.92 bits per heavy atom. The molecule has 72 valence electrons. The summed E-state index contributed by atoms with van der Waals surface area (Å²) in [5.74, 6) is -0.150. The smallest absolute Gasteiger partial charge is 0.322 e. The fraction of sp³-hybridized carbons (Fsp3) is 0.778. The summed E-state index contributed by atoms with van der Waals surface area (Å²) in [7, 11) is 0. The highest BCUT2D eigenvalue weighted by Gasteiger charge is 2.53. The van der Waals surface area contributed by atoms with Crippen LogP contribution in [0.25, 0.3) is 0 Å². The van der Waals surface area contributed by atoms with Gasteiger partial charge in [-0.3, -0.25) is 10.1 Å². The minimum absolute atomic E-state index is 0.150. The van der Waals surface area contributed by atoms with E-state index in [1.165, 1.54) is 0 Å². The number of nitrogens with one attached hydrogen (secondary N) is 2. The molecule has 1 spiro atoms. The molecule has 2 fully saturated rings. The van der Waals surface area contributed by atoms with Gasteiger partial charge in [-0.1, -0.05) is 13.8 Å². The van der Waals surface area contributed by atoms with Crippen LogP contribution in [0.2, 0.25) is 0 Å². The molecule has 2 rings (SSSR count). The first kappa shape index (κ1) is 8.53. The molecule has 2 aliphatic rings. The highest BCUT2D eigenvalue weighted by atomic mass is 16.2. The van der Waals surface area contributed by atoms with Crippen molar-refractivity contribution >= 4 is 11.9 Å². The number of carbonyl (C=O) groups excluding carboxylic acids is 2. The molecule has 1 atom stereocenters. The molecule has 0 unspecified atom stereocenters. The van der Waals surface area contributed by atoms with E-state index in [1.54, 1.807) is 0 Å². The van der Waals surface area contributed by atoms with Gasteiger partial charge >= 0.3 is 6.03 Å². The summed E-state index contributed by atoms with van der Waals surface area (Å²) < 4.78 is 0. The fourth-order valence-corrected chi connectivity index (χ4v) is 2.37. The summed E-state index contributed by atoms with van der Waals surface area (Å²) in [6, 6.07) is -0.345. The highest BCUT2D eigenvalue weighted by molar-refractivity contribution is 6.07. The van der Waals surface area contributed by atoms with Crippen LogP contribution in [0.15, 0.2) is 0 Å². The second-order valence-corrected chi connectivity index (χ2v) is 4.83. The van der Waals surface area contributed by atoms with E-state index in [0.29, 0.717) is 0 Å². The fourth-order valence-electron chi connectivity index (χ4n) is 2.37. The number of hydrogen-bond donors (Lipinski definition) is 2. The maximum Gasteiger partial charge on any atom is 0.322 e. The first-order valence-electron chi connectivity index (χ1n) is 4.57. The monoisotopic (exact) mass is 182 g/mol. The molecule has 1 saturated carbocycles. The van der Waals surface area contributed by atoms with Gasteiger partial charge in [0.05, 0.1) is 0 Å². The summed E-state index contributed by atoms with van der Waals surface area (Å²) in [5, 5.41) is 5.03. The maximum absolute atomic E-state index is 11.5. The van der Waals surface area contributed by atoms with Crippen LogP contribution >= 0.6 is 0 Å². The van der Waals surface area contributed by atoms with Crippen LogP contribution in [-0.4, -0.2) is 17.5 Å². The zero-order valence-corrected chi connectivity index (χ0v) is 7.94. The van der Waals surface area contributed by atoms with Crippen molar-refractivity contribution < 1.29 is 9.59 Å². The van der Waals surface area contributed by atoms with E-state index in [9.17, 15) is 9.59 Å². The third-order valence-electron chi connectivity index (χ3n) is 3.02. The molecule has 13 heavy (non-hydrogen) atoms. The average molecular weight is 182 g/mol. The molecule has 1 aliphatic carbocycles. The van der Waals surface area contributed by atoms with Crippen molar-refractivity contribution in [2.75, 3.05) is 0 Å². The molecule has 0 aromatic carbocycles. The standard InChI is InChI=1S/C9H14N2O2/c1-8(2)3-4-9(5-8)6(12)10-7(13)11-9/h3-5H2,1-2H3,(H2,10,11,12,13)/t9-/m1/s1. The Morgan fingerprint density at radius 3 is 2.31 bits per heavy atom. The summed E-state index contributed by atoms with van der Waals surface area (Å²) in [6.45, 7) is 4.25. The van der Waals surface area contributed by atoms with E-state index in [1.807, 2.05) is 0 Å². The number of carbonyl (C=O) groups is 2. The molecule has 0 radical (unpaired) electrons. The van der Waals surface area contributed by atoms with Crippen LogP contribution in [0.3, 0.4) is 0 Å². The Morgan fingerprint density at radius 1 is 1.23 bits per heavy atom. The number of amides is 3. The number of imide groups is 1. The Balaban J connectivity index is 2.24. The summed E-state index contributed by atoms with van der Waals surface area (Å²) in [4.78, 5) is 22.5. The second kappa shape index (κ2) is 2.25. The van der Waals surface area contributed by atoms with E-state index >= 15 is 0 Å². The van der Waals surface area contributed by atoms with Gasteiger partial charge in [-0.25, -0.2) is 4.79 Å². The van der Waals surface area contributed by atoms with Gasteiger partial charge in [0.2, 0.25) is 0 Å². The number of urea groups is 1. The molecule has 0 aromatic heterocycles. The van der Waals surface area contributed by atoms with Gasteiger partial charge in [0.1, 0.15) is 5.54 Å². The van der Waals surface area contributed by atoms with Crippen LogP contribution < -0.4 is 10.6 Å². The normalized spacial score (nSPS) is 36.5. The van der Waals surface area contributed by atoms with Crippen LogP contribution in [0.5, 0.6) is 0 Å².